The van der Waals surface area contributed by atoms with Crippen LogP contribution >= 0.6 is 15.9 Å². The lowest BCUT2D eigenvalue weighted by Crippen LogP contribution is -2.41. The van der Waals surface area contributed by atoms with Gasteiger partial charge in [0.05, 0.1) is 24.0 Å². The van der Waals surface area contributed by atoms with Crippen LogP contribution < -0.4 is 16.3 Å². The predicted molar refractivity (Wildman–Crippen MR) is 150 cm³/mol. The van der Waals surface area contributed by atoms with E-state index in [1.54, 1.807) is 37.5 Å². The number of halogens is 1. The number of hydrazone groups is 1. The van der Waals surface area contributed by atoms with E-state index in [0.717, 1.165) is 34.1 Å². The Morgan fingerprint density at radius 2 is 1.79 bits per heavy atom. The molecule has 0 unspecified atom stereocenters. The number of aryl methyl sites for hydroxylation is 3. The Labute approximate surface area is 233 Å². The normalized spacial score (nSPS) is 13.8. The number of carbonyl (C=O) groups excluding carboxylic acids is 3. The summed E-state index contributed by atoms with van der Waals surface area (Å²) in [7, 11) is 0. The minimum absolute atomic E-state index is 0.0870. The molecule has 0 saturated carbocycles. The third kappa shape index (κ3) is 5.37. The number of benzene rings is 2. The molecule has 2 aromatic carbocycles. The number of hydrogen-bond acceptors (Lipinski definition) is 6. The van der Waals surface area contributed by atoms with Gasteiger partial charge in [-0.25, -0.2) is 5.43 Å². The van der Waals surface area contributed by atoms with Crippen LogP contribution in [0.5, 0.6) is 0 Å². The number of carbonyl (C=O) groups is 3. The Morgan fingerprint density at radius 1 is 1.03 bits per heavy atom. The summed E-state index contributed by atoms with van der Waals surface area (Å²) in [5.41, 5.74) is 13.5. The lowest BCUT2D eigenvalue weighted by atomic mass is 9.93. The fourth-order valence-electron chi connectivity index (χ4n) is 4.98. The topological polar surface area (TPSA) is 126 Å². The molecule has 0 fully saturated rings. The Hall–Kier alpha value is -4.18. The van der Waals surface area contributed by atoms with Crippen LogP contribution in [-0.4, -0.2) is 23.4 Å². The first kappa shape index (κ1) is 26.4. The molecular formula is C29H27BrN4O5. The number of fused-ring (bicyclic) bond motifs is 2. The van der Waals surface area contributed by atoms with Gasteiger partial charge >= 0.3 is 5.91 Å². The zero-order valence-corrected chi connectivity index (χ0v) is 23.3. The number of hydrazine groups is 1. The summed E-state index contributed by atoms with van der Waals surface area (Å²) in [6, 6.07) is 10.9. The van der Waals surface area contributed by atoms with Gasteiger partial charge in [0.2, 0.25) is 5.91 Å². The highest BCUT2D eigenvalue weighted by Gasteiger charge is 2.28. The molecule has 0 spiro atoms. The van der Waals surface area contributed by atoms with E-state index in [2.05, 4.69) is 43.4 Å². The zero-order valence-electron chi connectivity index (χ0n) is 21.7. The SMILES string of the molecule is Cc1cc(C)c2c(CC(=O)N/N=C3\CCCc4oc(C(=O)NNC(=O)c5ccccc5Br)c(C)c43)coc2c1. The van der Waals surface area contributed by atoms with Crippen molar-refractivity contribution in [1.82, 2.24) is 16.3 Å². The van der Waals surface area contributed by atoms with Crippen LogP contribution in [0.15, 0.2) is 61.1 Å². The molecule has 0 bridgehead atoms. The second kappa shape index (κ2) is 10.9. The van der Waals surface area contributed by atoms with E-state index >= 15 is 0 Å². The van der Waals surface area contributed by atoms with Crippen molar-refractivity contribution < 1.29 is 23.2 Å². The lowest BCUT2D eigenvalue weighted by molar-refractivity contribution is -0.120. The largest absolute Gasteiger partial charge is 0.464 e. The standard InChI is InChI=1S/C29H27BrN4O5/c1-15-11-16(2)25-18(14-38-23(25)12-15)13-24(35)32-31-21-9-6-10-22-26(21)17(3)27(39-22)29(37)34-33-28(36)19-7-4-5-8-20(19)30/h4-5,7-8,11-12,14H,6,9-10,13H2,1-3H3,(H,32,35)(H,33,36)(H,34,37)/b31-21+. The van der Waals surface area contributed by atoms with Crippen molar-refractivity contribution in [2.24, 2.45) is 5.10 Å². The molecule has 3 amide bonds. The summed E-state index contributed by atoms with van der Waals surface area (Å²) >= 11 is 3.32. The summed E-state index contributed by atoms with van der Waals surface area (Å²) in [6.07, 6.45) is 3.76. The average molecular weight is 591 g/mol. The molecule has 0 atom stereocenters. The number of hydrogen-bond donors (Lipinski definition) is 3. The predicted octanol–water partition coefficient (Wildman–Crippen LogP) is 5.19. The zero-order chi connectivity index (χ0) is 27.7. The highest BCUT2D eigenvalue weighted by atomic mass is 79.9. The maximum absolute atomic E-state index is 12.9. The maximum Gasteiger partial charge on any atom is 0.305 e. The van der Waals surface area contributed by atoms with Gasteiger partial charge in [0.1, 0.15) is 11.3 Å². The molecule has 1 aliphatic carbocycles. The first-order valence-electron chi connectivity index (χ1n) is 12.5. The van der Waals surface area contributed by atoms with E-state index < -0.39 is 11.8 Å². The second-order valence-corrected chi connectivity index (χ2v) is 10.4. The van der Waals surface area contributed by atoms with Crippen molar-refractivity contribution >= 4 is 50.3 Å². The number of amides is 3. The quantitative estimate of drug-likeness (QED) is 0.276. The third-order valence-corrected chi connectivity index (χ3v) is 7.39. The van der Waals surface area contributed by atoms with Crippen molar-refractivity contribution in [3.05, 3.63) is 92.0 Å². The van der Waals surface area contributed by atoms with Crippen LogP contribution in [0.3, 0.4) is 0 Å². The van der Waals surface area contributed by atoms with Gasteiger partial charge in [-0.3, -0.25) is 25.2 Å². The Balaban J connectivity index is 1.28. The summed E-state index contributed by atoms with van der Waals surface area (Å²) < 4.78 is 12.1. The Kier molecular flexibility index (Phi) is 7.38. The first-order valence-corrected chi connectivity index (χ1v) is 13.3. The highest BCUT2D eigenvalue weighted by molar-refractivity contribution is 9.10. The van der Waals surface area contributed by atoms with Crippen molar-refractivity contribution in [2.45, 2.75) is 46.5 Å². The van der Waals surface area contributed by atoms with Gasteiger partial charge in [-0.05, 0) is 78.9 Å². The molecular weight excluding hydrogens is 564 g/mol. The van der Waals surface area contributed by atoms with Gasteiger partial charge in [0.25, 0.3) is 5.91 Å². The molecule has 3 N–H and O–H groups in total. The number of nitrogens with zero attached hydrogens (tertiary/aromatic N) is 1. The fraction of sp³-hybridized carbons (Fsp3) is 0.241. The molecule has 10 heteroatoms. The van der Waals surface area contributed by atoms with E-state index in [-0.39, 0.29) is 18.1 Å². The number of nitrogens with one attached hydrogen (secondary N) is 3. The average Bonchev–Trinajstić information content (AvgIpc) is 3.47. The van der Waals surface area contributed by atoms with Gasteiger partial charge in [-0.2, -0.15) is 5.10 Å². The molecule has 5 rings (SSSR count). The Bertz CT molecular complexity index is 1650. The minimum Gasteiger partial charge on any atom is -0.464 e. The van der Waals surface area contributed by atoms with Crippen LogP contribution in [0.25, 0.3) is 11.0 Å². The van der Waals surface area contributed by atoms with Crippen LogP contribution in [0, 0.1) is 20.8 Å². The first-order chi connectivity index (χ1) is 18.7. The van der Waals surface area contributed by atoms with E-state index in [1.165, 1.54) is 0 Å². The molecule has 0 aliphatic heterocycles. The summed E-state index contributed by atoms with van der Waals surface area (Å²) in [6.45, 7) is 5.76. The fourth-order valence-corrected chi connectivity index (χ4v) is 5.44. The molecule has 2 heterocycles. The van der Waals surface area contributed by atoms with Crippen LogP contribution in [-0.2, 0) is 17.6 Å². The van der Waals surface area contributed by atoms with E-state index in [4.69, 9.17) is 8.83 Å². The van der Waals surface area contributed by atoms with Crippen molar-refractivity contribution in [3.8, 4) is 0 Å². The number of rotatable bonds is 5. The Morgan fingerprint density at radius 3 is 2.59 bits per heavy atom. The monoisotopic (exact) mass is 590 g/mol. The van der Waals surface area contributed by atoms with Gasteiger partial charge < -0.3 is 8.83 Å². The smallest absolute Gasteiger partial charge is 0.305 e. The summed E-state index contributed by atoms with van der Waals surface area (Å²) in [4.78, 5) is 38.1. The summed E-state index contributed by atoms with van der Waals surface area (Å²) in [5, 5.41) is 5.34. The van der Waals surface area contributed by atoms with Crippen LogP contribution in [0.4, 0.5) is 0 Å². The molecule has 39 heavy (non-hydrogen) atoms. The van der Waals surface area contributed by atoms with Crippen LogP contribution in [0.1, 0.15) is 67.3 Å². The molecule has 2 aromatic heterocycles. The van der Waals surface area contributed by atoms with E-state index in [1.807, 2.05) is 19.9 Å². The van der Waals surface area contributed by atoms with Gasteiger partial charge in [-0.1, -0.05) is 18.2 Å². The molecule has 0 saturated heterocycles. The van der Waals surface area contributed by atoms with Crippen molar-refractivity contribution in [2.75, 3.05) is 0 Å². The lowest BCUT2D eigenvalue weighted by Gasteiger charge is -2.13. The molecule has 1 aliphatic rings. The molecule has 200 valence electrons. The van der Waals surface area contributed by atoms with Crippen molar-refractivity contribution in [3.63, 3.8) is 0 Å². The van der Waals surface area contributed by atoms with E-state index in [0.29, 0.717) is 45.5 Å². The van der Waals surface area contributed by atoms with Crippen molar-refractivity contribution in [1.29, 1.82) is 0 Å². The molecule has 4 aromatic rings. The van der Waals surface area contributed by atoms with Crippen LogP contribution in [0.2, 0.25) is 0 Å². The molecule has 0 radical (unpaired) electrons. The summed E-state index contributed by atoms with van der Waals surface area (Å²) in [5.74, 6) is -0.607. The second-order valence-electron chi connectivity index (χ2n) is 9.58. The highest BCUT2D eigenvalue weighted by Crippen LogP contribution is 2.30. The van der Waals surface area contributed by atoms with Gasteiger partial charge in [0, 0.05) is 33.0 Å². The minimum atomic E-state index is -0.580. The van der Waals surface area contributed by atoms with E-state index in [9.17, 15) is 14.4 Å². The third-order valence-electron chi connectivity index (χ3n) is 6.70. The van der Waals surface area contributed by atoms with Gasteiger partial charge in [0.15, 0.2) is 5.76 Å². The van der Waals surface area contributed by atoms with Gasteiger partial charge in [-0.15, -0.1) is 0 Å². The number of furan rings is 2. The molecule has 9 nitrogen and oxygen atoms in total. The maximum atomic E-state index is 12.9.